The molecule has 3 N–H and O–H groups in total. The second kappa shape index (κ2) is 5.43. The molecule has 0 aliphatic heterocycles. The molecule has 0 unspecified atom stereocenters. The number of halogens is 3. The number of carbonyl (C=O) groups excluding carboxylic acids is 1. The summed E-state index contributed by atoms with van der Waals surface area (Å²) in [7, 11) is 0. The van der Waals surface area contributed by atoms with Crippen LogP contribution in [0, 0.1) is 6.92 Å². The number of anilines is 2. The fourth-order valence-corrected chi connectivity index (χ4v) is 1.77. The molecular formula is C14H12F3N3O. The molecule has 2 rings (SSSR count). The first-order valence-electron chi connectivity index (χ1n) is 5.98. The molecule has 0 spiro atoms. The molecule has 0 fully saturated rings. The van der Waals surface area contributed by atoms with Gasteiger partial charge in [0, 0.05) is 16.9 Å². The first kappa shape index (κ1) is 14.8. The Kier molecular flexibility index (Phi) is 3.84. The average Bonchev–Trinajstić information content (AvgIpc) is 2.37. The van der Waals surface area contributed by atoms with E-state index in [1.807, 2.05) is 0 Å². The molecule has 21 heavy (non-hydrogen) atoms. The van der Waals surface area contributed by atoms with Crippen LogP contribution in [-0.4, -0.2) is 10.9 Å². The number of hydrogen-bond donors (Lipinski definition) is 2. The summed E-state index contributed by atoms with van der Waals surface area (Å²) in [5.41, 5.74) is 5.90. The Morgan fingerprint density at radius 3 is 2.33 bits per heavy atom. The maximum absolute atomic E-state index is 12.4. The minimum Gasteiger partial charge on any atom is -0.384 e. The van der Waals surface area contributed by atoms with Gasteiger partial charge in [-0.2, -0.15) is 13.2 Å². The number of pyridine rings is 1. The Balaban J connectivity index is 2.16. The van der Waals surface area contributed by atoms with Gasteiger partial charge in [0.2, 0.25) is 0 Å². The minimum absolute atomic E-state index is 0.201. The highest BCUT2D eigenvalue weighted by molar-refractivity contribution is 6.04. The fraction of sp³-hybridized carbons (Fsp3) is 0.143. The number of nitrogens with one attached hydrogen (secondary N) is 1. The van der Waals surface area contributed by atoms with Gasteiger partial charge in [0.25, 0.3) is 5.91 Å². The Morgan fingerprint density at radius 2 is 1.81 bits per heavy atom. The lowest BCUT2D eigenvalue weighted by atomic mass is 10.1. The zero-order valence-electron chi connectivity index (χ0n) is 11.0. The van der Waals surface area contributed by atoms with Crippen molar-refractivity contribution in [3.05, 3.63) is 53.2 Å². The summed E-state index contributed by atoms with van der Waals surface area (Å²) >= 11 is 0. The summed E-state index contributed by atoms with van der Waals surface area (Å²) in [6.07, 6.45) is -4.40. The molecule has 0 aliphatic carbocycles. The lowest BCUT2D eigenvalue weighted by Crippen LogP contribution is -2.13. The summed E-state index contributed by atoms with van der Waals surface area (Å²) in [5.74, 6) is -0.264. The molecule has 4 nitrogen and oxygen atoms in total. The number of nitrogen functional groups attached to an aromatic ring is 1. The van der Waals surface area contributed by atoms with Crippen LogP contribution in [-0.2, 0) is 6.18 Å². The second-order valence-electron chi connectivity index (χ2n) is 4.45. The second-order valence-corrected chi connectivity index (χ2v) is 4.45. The van der Waals surface area contributed by atoms with Crippen molar-refractivity contribution in [2.24, 2.45) is 0 Å². The van der Waals surface area contributed by atoms with Crippen LogP contribution >= 0.6 is 0 Å². The van der Waals surface area contributed by atoms with Crippen molar-refractivity contribution in [1.82, 2.24) is 4.98 Å². The van der Waals surface area contributed by atoms with Gasteiger partial charge in [-0.3, -0.25) is 4.79 Å². The number of amides is 1. The molecule has 1 amide bonds. The smallest absolute Gasteiger partial charge is 0.384 e. The quantitative estimate of drug-likeness (QED) is 0.893. The lowest BCUT2D eigenvalue weighted by Gasteiger charge is -2.09. The Bertz CT molecular complexity index is 646. The van der Waals surface area contributed by atoms with E-state index in [-0.39, 0.29) is 11.5 Å². The molecule has 0 saturated heterocycles. The number of hydrogen-bond acceptors (Lipinski definition) is 3. The first-order chi connectivity index (χ1) is 9.75. The van der Waals surface area contributed by atoms with Crippen LogP contribution in [0.4, 0.5) is 24.7 Å². The van der Waals surface area contributed by atoms with E-state index in [0.717, 1.165) is 12.1 Å². The molecule has 1 heterocycles. The van der Waals surface area contributed by atoms with Gasteiger partial charge in [-0.25, -0.2) is 4.98 Å². The van der Waals surface area contributed by atoms with Gasteiger partial charge in [-0.05, 0) is 43.3 Å². The van der Waals surface area contributed by atoms with Crippen LogP contribution in [0.1, 0.15) is 21.6 Å². The Morgan fingerprint density at radius 1 is 1.19 bits per heavy atom. The minimum atomic E-state index is -4.40. The van der Waals surface area contributed by atoms with E-state index in [1.165, 1.54) is 24.3 Å². The van der Waals surface area contributed by atoms with Gasteiger partial charge in [-0.15, -0.1) is 0 Å². The molecular weight excluding hydrogens is 283 g/mol. The molecule has 110 valence electrons. The van der Waals surface area contributed by atoms with E-state index in [0.29, 0.717) is 11.3 Å². The zero-order chi connectivity index (χ0) is 15.6. The number of alkyl halides is 3. The predicted molar refractivity (Wildman–Crippen MR) is 72.8 cm³/mol. The van der Waals surface area contributed by atoms with Gasteiger partial charge < -0.3 is 11.1 Å². The lowest BCUT2D eigenvalue weighted by molar-refractivity contribution is -0.137. The summed E-state index contributed by atoms with van der Waals surface area (Å²) in [6.45, 7) is 1.69. The largest absolute Gasteiger partial charge is 0.416 e. The number of nitrogens with zero attached hydrogens (tertiary/aromatic N) is 1. The standard InChI is InChI=1S/C14H12F3N3O/c1-8-6-9(7-12(18)19-8)13(21)20-11-4-2-10(3-5-11)14(15,16)17/h2-7H,1H3,(H2,18,19)(H,20,21). The maximum Gasteiger partial charge on any atom is 0.416 e. The van der Waals surface area contributed by atoms with Crippen molar-refractivity contribution in [3.63, 3.8) is 0 Å². The number of nitrogens with two attached hydrogens (primary N) is 1. The first-order valence-corrected chi connectivity index (χ1v) is 5.98. The van der Waals surface area contributed by atoms with Crippen molar-refractivity contribution in [3.8, 4) is 0 Å². The molecule has 0 atom stereocenters. The van der Waals surface area contributed by atoms with E-state index in [2.05, 4.69) is 10.3 Å². The summed E-state index contributed by atoms with van der Waals surface area (Å²) in [5, 5.41) is 2.50. The van der Waals surface area contributed by atoms with E-state index in [1.54, 1.807) is 6.92 Å². The number of aryl methyl sites for hydroxylation is 1. The topological polar surface area (TPSA) is 68.0 Å². The van der Waals surface area contributed by atoms with E-state index >= 15 is 0 Å². The van der Waals surface area contributed by atoms with Crippen LogP contribution in [0.2, 0.25) is 0 Å². The van der Waals surface area contributed by atoms with E-state index < -0.39 is 17.6 Å². The van der Waals surface area contributed by atoms with Crippen LogP contribution in [0.15, 0.2) is 36.4 Å². The molecule has 0 aliphatic rings. The molecule has 0 saturated carbocycles. The maximum atomic E-state index is 12.4. The average molecular weight is 295 g/mol. The van der Waals surface area contributed by atoms with Gasteiger partial charge in [0.05, 0.1) is 5.56 Å². The Hall–Kier alpha value is -2.57. The van der Waals surface area contributed by atoms with Crippen molar-refractivity contribution in [1.29, 1.82) is 0 Å². The predicted octanol–water partition coefficient (Wildman–Crippen LogP) is 3.24. The van der Waals surface area contributed by atoms with E-state index in [4.69, 9.17) is 5.73 Å². The molecule has 1 aromatic heterocycles. The third kappa shape index (κ3) is 3.71. The zero-order valence-corrected chi connectivity index (χ0v) is 11.0. The van der Waals surface area contributed by atoms with Crippen molar-refractivity contribution in [2.45, 2.75) is 13.1 Å². The monoisotopic (exact) mass is 295 g/mol. The summed E-state index contributed by atoms with van der Waals surface area (Å²) < 4.78 is 37.3. The van der Waals surface area contributed by atoms with Gasteiger partial charge in [0.15, 0.2) is 0 Å². The molecule has 7 heteroatoms. The van der Waals surface area contributed by atoms with Gasteiger partial charge in [0.1, 0.15) is 5.82 Å². The Labute approximate surface area is 118 Å². The highest BCUT2D eigenvalue weighted by atomic mass is 19.4. The van der Waals surface area contributed by atoms with Gasteiger partial charge in [-0.1, -0.05) is 0 Å². The van der Waals surface area contributed by atoms with Crippen molar-refractivity contribution >= 4 is 17.4 Å². The number of benzene rings is 1. The highest BCUT2D eigenvalue weighted by Gasteiger charge is 2.29. The van der Waals surface area contributed by atoms with Crippen LogP contribution < -0.4 is 11.1 Å². The third-order valence-electron chi connectivity index (χ3n) is 2.71. The van der Waals surface area contributed by atoms with Gasteiger partial charge >= 0.3 is 6.18 Å². The van der Waals surface area contributed by atoms with Crippen molar-refractivity contribution in [2.75, 3.05) is 11.1 Å². The van der Waals surface area contributed by atoms with E-state index in [9.17, 15) is 18.0 Å². The van der Waals surface area contributed by atoms with Crippen molar-refractivity contribution < 1.29 is 18.0 Å². The van der Waals surface area contributed by atoms with Crippen LogP contribution in [0.25, 0.3) is 0 Å². The highest BCUT2D eigenvalue weighted by Crippen LogP contribution is 2.29. The number of rotatable bonds is 2. The normalized spacial score (nSPS) is 11.2. The number of carbonyl (C=O) groups is 1. The third-order valence-corrected chi connectivity index (χ3v) is 2.71. The summed E-state index contributed by atoms with van der Waals surface area (Å²) in [6, 6.07) is 7.13. The fourth-order valence-electron chi connectivity index (χ4n) is 1.77. The van der Waals surface area contributed by atoms with Crippen LogP contribution in [0.5, 0.6) is 0 Å². The number of aromatic nitrogens is 1. The molecule has 1 aromatic carbocycles. The molecule has 0 radical (unpaired) electrons. The summed E-state index contributed by atoms with van der Waals surface area (Å²) in [4.78, 5) is 15.9. The van der Waals surface area contributed by atoms with Crippen LogP contribution in [0.3, 0.4) is 0 Å². The molecule has 2 aromatic rings. The SMILES string of the molecule is Cc1cc(C(=O)Nc2ccc(C(F)(F)F)cc2)cc(N)n1. The molecule has 0 bridgehead atoms.